The second kappa shape index (κ2) is 6.05. The van der Waals surface area contributed by atoms with Crippen molar-refractivity contribution < 1.29 is 19.2 Å². The molecule has 0 heterocycles. The molecule has 0 amide bonds. The fourth-order valence-electron chi connectivity index (χ4n) is 1.25. The van der Waals surface area contributed by atoms with Crippen LogP contribution in [-0.4, -0.2) is 30.8 Å². The van der Waals surface area contributed by atoms with E-state index in [1.54, 1.807) is 0 Å². The van der Waals surface area contributed by atoms with Crippen LogP contribution in [0.3, 0.4) is 0 Å². The van der Waals surface area contributed by atoms with Crippen LogP contribution in [0.1, 0.15) is 10.4 Å². The Hall–Kier alpha value is -1.82. The predicted molar refractivity (Wildman–Crippen MR) is 61.3 cm³/mol. The van der Waals surface area contributed by atoms with Crippen LogP contribution >= 0.6 is 11.6 Å². The van der Waals surface area contributed by atoms with Crippen molar-refractivity contribution in [3.05, 3.63) is 27.8 Å². The van der Waals surface area contributed by atoms with Gasteiger partial charge in [-0.15, -0.1) is 11.6 Å². The largest absolute Gasteiger partial charge is 0.493 e. The molecule has 1 aromatic rings. The smallest absolute Gasteiger partial charge is 0.274 e. The molecule has 0 saturated carbocycles. The summed E-state index contributed by atoms with van der Waals surface area (Å²) in [7, 11) is 1.33. The van der Waals surface area contributed by atoms with Crippen molar-refractivity contribution >= 4 is 23.6 Å². The van der Waals surface area contributed by atoms with Crippen molar-refractivity contribution in [2.75, 3.05) is 19.6 Å². The Bertz CT molecular complexity index is 435. The first-order chi connectivity index (χ1) is 8.13. The summed E-state index contributed by atoms with van der Waals surface area (Å²) in [6.45, 7) is 0.177. The molecule has 92 valence electrons. The number of hydrogen-bond donors (Lipinski definition) is 0. The number of carbonyl (C=O) groups excluding carboxylic acids is 1. The van der Waals surface area contributed by atoms with Gasteiger partial charge in [-0.2, -0.15) is 0 Å². The van der Waals surface area contributed by atoms with Crippen LogP contribution in [0.2, 0.25) is 0 Å². The molecule has 0 unspecified atom stereocenters. The average Bonchev–Trinajstić information content (AvgIpc) is 2.34. The Labute approximate surface area is 102 Å². The van der Waals surface area contributed by atoms with Crippen molar-refractivity contribution in [2.24, 2.45) is 0 Å². The lowest BCUT2D eigenvalue weighted by Crippen LogP contribution is -2.04. The fourth-order valence-corrected chi connectivity index (χ4v) is 1.33. The van der Waals surface area contributed by atoms with Crippen molar-refractivity contribution in [1.82, 2.24) is 0 Å². The number of nitrogens with zero attached hydrogens (tertiary/aromatic N) is 1. The van der Waals surface area contributed by atoms with E-state index in [2.05, 4.69) is 0 Å². The number of alkyl halides is 1. The number of methoxy groups -OCH3 is 1. The highest BCUT2D eigenvalue weighted by atomic mass is 35.5. The summed E-state index contributed by atoms with van der Waals surface area (Å²) in [5, 5.41) is 10.6. The summed E-state index contributed by atoms with van der Waals surface area (Å²) in [5.74, 6) is 0.526. The molecule has 0 aliphatic heterocycles. The molecule has 0 atom stereocenters. The summed E-state index contributed by atoms with van der Waals surface area (Å²) >= 11 is 5.46. The Balaban J connectivity index is 3.25. The minimum Gasteiger partial charge on any atom is -0.493 e. The molecule has 0 fully saturated rings. The molecular weight excluding hydrogens is 250 g/mol. The average molecular weight is 260 g/mol. The van der Waals surface area contributed by atoms with Gasteiger partial charge in [-0.1, -0.05) is 0 Å². The van der Waals surface area contributed by atoms with E-state index in [-0.39, 0.29) is 35.2 Å². The molecule has 0 N–H and O–H groups in total. The number of benzene rings is 1. The van der Waals surface area contributed by atoms with Gasteiger partial charge in [-0.25, -0.2) is 0 Å². The number of ether oxygens (including phenoxy) is 2. The maximum Gasteiger partial charge on any atom is 0.274 e. The number of nitro groups is 1. The van der Waals surface area contributed by atoms with Gasteiger partial charge in [0.05, 0.1) is 29.5 Å². The van der Waals surface area contributed by atoms with Crippen molar-refractivity contribution in [3.8, 4) is 11.5 Å². The Morgan fingerprint density at radius 1 is 1.53 bits per heavy atom. The van der Waals surface area contributed by atoms with Gasteiger partial charge in [0.1, 0.15) is 6.61 Å². The van der Waals surface area contributed by atoms with Gasteiger partial charge in [0.15, 0.2) is 17.8 Å². The molecule has 0 aliphatic rings. The van der Waals surface area contributed by atoms with E-state index in [4.69, 9.17) is 21.1 Å². The molecule has 1 aromatic carbocycles. The zero-order valence-corrected chi connectivity index (χ0v) is 9.77. The quantitative estimate of drug-likeness (QED) is 0.338. The third kappa shape index (κ3) is 3.07. The van der Waals surface area contributed by atoms with E-state index in [1.165, 1.54) is 13.2 Å². The summed E-state index contributed by atoms with van der Waals surface area (Å²) in [4.78, 5) is 20.9. The lowest BCUT2D eigenvalue weighted by Gasteiger charge is -2.11. The first-order valence-corrected chi connectivity index (χ1v) is 5.17. The SMILES string of the molecule is COc1cc([N+](=O)[O-])cc(C=O)c1OCCCl. The van der Waals surface area contributed by atoms with E-state index in [0.29, 0.717) is 6.29 Å². The van der Waals surface area contributed by atoms with E-state index in [1.807, 2.05) is 0 Å². The van der Waals surface area contributed by atoms with Gasteiger partial charge >= 0.3 is 0 Å². The standard InChI is InChI=1S/C10H10ClNO5/c1-16-9-5-8(12(14)15)4-7(6-13)10(9)17-3-2-11/h4-6H,2-3H2,1H3. The number of non-ortho nitro benzene ring substituents is 1. The lowest BCUT2D eigenvalue weighted by atomic mass is 10.2. The van der Waals surface area contributed by atoms with Crippen LogP contribution in [-0.2, 0) is 0 Å². The van der Waals surface area contributed by atoms with Gasteiger partial charge in [-0.05, 0) is 0 Å². The summed E-state index contributed by atoms with van der Waals surface area (Å²) < 4.78 is 10.2. The van der Waals surface area contributed by atoms with Crippen molar-refractivity contribution in [2.45, 2.75) is 0 Å². The van der Waals surface area contributed by atoms with Crippen LogP contribution in [0.15, 0.2) is 12.1 Å². The number of carbonyl (C=O) groups is 1. The lowest BCUT2D eigenvalue weighted by molar-refractivity contribution is -0.385. The van der Waals surface area contributed by atoms with Crippen LogP contribution < -0.4 is 9.47 Å². The van der Waals surface area contributed by atoms with E-state index in [0.717, 1.165) is 6.07 Å². The minimum atomic E-state index is -0.610. The van der Waals surface area contributed by atoms with E-state index >= 15 is 0 Å². The van der Waals surface area contributed by atoms with Gasteiger partial charge < -0.3 is 9.47 Å². The topological polar surface area (TPSA) is 78.7 Å². The molecule has 0 saturated heterocycles. The second-order valence-corrected chi connectivity index (χ2v) is 3.36. The number of hydrogen-bond acceptors (Lipinski definition) is 5. The highest BCUT2D eigenvalue weighted by Crippen LogP contribution is 2.34. The molecule has 1 rings (SSSR count). The summed E-state index contributed by atoms with van der Waals surface area (Å²) in [5.41, 5.74) is -0.177. The molecule has 0 aromatic heterocycles. The zero-order chi connectivity index (χ0) is 12.8. The predicted octanol–water partition coefficient (Wildman–Crippen LogP) is 2.03. The number of nitro benzene ring substituents is 1. The second-order valence-electron chi connectivity index (χ2n) is 2.98. The van der Waals surface area contributed by atoms with Gasteiger partial charge in [0.25, 0.3) is 5.69 Å². The maximum atomic E-state index is 10.8. The number of halogens is 1. The Kier molecular flexibility index (Phi) is 4.71. The van der Waals surface area contributed by atoms with Crippen LogP contribution in [0.5, 0.6) is 11.5 Å². The van der Waals surface area contributed by atoms with Gasteiger partial charge in [0, 0.05) is 6.07 Å². The van der Waals surface area contributed by atoms with Gasteiger partial charge in [-0.3, -0.25) is 14.9 Å². The van der Waals surface area contributed by atoms with E-state index < -0.39 is 4.92 Å². The Morgan fingerprint density at radius 2 is 2.24 bits per heavy atom. The molecular formula is C10H10ClNO5. The molecule has 0 spiro atoms. The Morgan fingerprint density at radius 3 is 2.71 bits per heavy atom. The molecule has 0 radical (unpaired) electrons. The van der Waals surface area contributed by atoms with E-state index in [9.17, 15) is 14.9 Å². The minimum absolute atomic E-state index is 0.0566. The highest BCUT2D eigenvalue weighted by Gasteiger charge is 2.18. The molecule has 7 heteroatoms. The number of rotatable bonds is 6. The highest BCUT2D eigenvalue weighted by molar-refractivity contribution is 6.18. The maximum absolute atomic E-state index is 10.8. The molecule has 17 heavy (non-hydrogen) atoms. The molecule has 0 bridgehead atoms. The van der Waals surface area contributed by atoms with Crippen molar-refractivity contribution in [1.29, 1.82) is 0 Å². The van der Waals surface area contributed by atoms with Crippen molar-refractivity contribution in [3.63, 3.8) is 0 Å². The molecule has 6 nitrogen and oxygen atoms in total. The third-order valence-electron chi connectivity index (χ3n) is 1.95. The molecule has 0 aliphatic carbocycles. The van der Waals surface area contributed by atoms with Crippen LogP contribution in [0.4, 0.5) is 5.69 Å². The third-order valence-corrected chi connectivity index (χ3v) is 2.10. The van der Waals surface area contributed by atoms with Gasteiger partial charge in [0.2, 0.25) is 0 Å². The normalized spacial score (nSPS) is 9.76. The van der Waals surface area contributed by atoms with Crippen LogP contribution in [0.25, 0.3) is 0 Å². The first-order valence-electron chi connectivity index (χ1n) is 4.64. The zero-order valence-electron chi connectivity index (χ0n) is 9.01. The van der Waals surface area contributed by atoms with Crippen LogP contribution in [0, 0.1) is 10.1 Å². The monoisotopic (exact) mass is 259 g/mol. The summed E-state index contributed by atoms with van der Waals surface area (Å²) in [6, 6.07) is 2.32. The fraction of sp³-hybridized carbons (Fsp3) is 0.300. The summed E-state index contributed by atoms with van der Waals surface area (Å²) in [6.07, 6.45) is 0.471. The number of aldehydes is 1. The first kappa shape index (κ1) is 13.2.